The van der Waals surface area contributed by atoms with Gasteiger partial charge in [-0.25, -0.2) is 8.42 Å². The van der Waals surface area contributed by atoms with E-state index in [-0.39, 0.29) is 11.9 Å². The van der Waals surface area contributed by atoms with E-state index in [1.807, 2.05) is 0 Å². The average Bonchev–Trinajstić information content (AvgIpc) is 2.93. The first-order valence-electron chi connectivity index (χ1n) is 6.80. The van der Waals surface area contributed by atoms with Crippen LogP contribution in [0.15, 0.2) is 21.7 Å². The Balaban J connectivity index is 2.08. The quantitative estimate of drug-likeness (QED) is 0.901. The van der Waals surface area contributed by atoms with Crippen molar-refractivity contribution in [1.82, 2.24) is 9.62 Å². The molecule has 0 aromatic carbocycles. The lowest BCUT2D eigenvalue weighted by Crippen LogP contribution is -2.44. The predicted molar refractivity (Wildman–Crippen MR) is 79.2 cm³/mol. The van der Waals surface area contributed by atoms with Gasteiger partial charge in [0.25, 0.3) is 0 Å². The molecule has 5 nitrogen and oxygen atoms in total. The van der Waals surface area contributed by atoms with Crippen LogP contribution < -0.4 is 5.32 Å². The summed E-state index contributed by atoms with van der Waals surface area (Å²) in [6, 6.07) is 1.64. The van der Waals surface area contributed by atoms with Gasteiger partial charge in [0.05, 0.1) is 4.90 Å². The van der Waals surface area contributed by atoms with Crippen LogP contribution in [-0.4, -0.2) is 37.8 Å². The van der Waals surface area contributed by atoms with Crippen LogP contribution in [0.4, 0.5) is 0 Å². The van der Waals surface area contributed by atoms with E-state index in [2.05, 4.69) is 5.32 Å². The number of nitrogens with zero attached hydrogens (tertiary/aromatic N) is 1. The Morgan fingerprint density at radius 2 is 2.30 bits per heavy atom. The zero-order valence-corrected chi connectivity index (χ0v) is 13.2. The molecule has 20 heavy (non-hydrogen) atoms. The molecule has 1 N–H and O–H groups in total. The zero-order chi connectivity index (χ0) is 14.6. The third kappa shape index (κ3) is 3.59. The molecule has 0 bridgehead atoms. The van der Waals surface area contributed by atoms with Crippen molar-refractivity contribution in [2.24, 2.45) is 0 Å². The molecule has 7 heteroatoms. The van der Waals surface area contributed by atoms with Gasteiger partial charge in [0.1, 0.15) is 0 Å². The first-order chi connectivity index (χ1) is 9.51. The second kappa shape index (κ2) is 6.69. The second-order valence-electron chi connectivity index (χ2n) is 5.00. The molecule has 1 unspecified atom stereocenters. The van der Waals surface area contributed by atoms with Gasteiger partial charge >= 0.3 is 0 Å². The van der Waals surface area contributed by atoms with Crippen LogP contribution in [0.25, 0.3) is 0 Å². The molecule has 2 heterocycles. The molecule has 0 radical (unpaired) electrons. The summed E-state index contributed by atoms with van der Waals surface area (Å²) in [5.74, 6) is -0.0759. The van der Waals surface area contributed by atoms with Gasteiger partial charge < -0.3 is 5.32 Å². The number of piperidine rings is 1. The Morgan fingerprint density at radius 3 is 2.95 bits per heavy atom. The molecule has 1 fully saturated rings. The van der Waals surface area contributed by atoms with Gasteiger partial charge in [0.15, 0.2) is 0 Å². The van der Waals surface area contributed by atoms with E-state index in [1.165, 1.54) is 18.3 Å². The minimum Gasteiger partial charge on any atom is -0.356 e. The maximum Gasteiger partial charge on any atom is 0.244 e. The molecule has 1 saturated heterocycles. The fourth-order valence-electron chi connectivity index (χ4n) is 2.53. The number of nitrogens with one attached hydrogen (secondary N) is 1. The highest BCUT2D eigenvalue weighted by atomic mass is 32.2. The van der Waals surface area contributed by atoms with E-state index >= 15 is 0 Å². The van der Waals surface area contributed by atoms with E-state index < -0.39 is 10.0 Å². The maximum absolute atomic E-state index is 12.6. The third-order valence-corrected chi connectivity index (χ3v) is 6.31. The summed E-state index contributed by atoms with van der Waals surface area (Å²) in [5, 5.41) is 6.20. The molecule has 0 aliphatic carbocycles. The molecule has 1 aromatic rings. The molecule has 1 aliphatic heterocycles. The smallest absolute Gasteiger partial charge is 0.244 e. The van der Waals surface area contributed by atoms with Crippen molar-refractivity contribution in [1.29, 1.82) is 0 Å². The first-order valence-corrected chi connectivity index (χ1v) is 9.18. The van der Waals surface area contributed by atoms with E-state index in [4.69, 9.17) is 0 Å². The topological polar surface area (TPSA) is 66.5 Å². The van der Waals surface area contributed by atoms with Crippen molar-refractivity contribution >= 4 is 27.3 Å². The molecule has 112 valence electrons. The largest absolute Gasteiger partial charge is 0.356 e. The molecule has 1 amide bonds. The molecule has 1 aromatic heterocycles. The number of amides is 1. The monoisotopic (exact) mass is 316 g/mol. The van der Waals surface area contributed by atoms with E-state index in [0.29, 0.717) is 24.4 Å². The van der Waals surface area contributed by atoms with Crippen molar-refractivity contribution < 1.29 is 13.2 Å². The Kier molecular flexibility index (Phi) is 5.17. The van der Waals surface area contributed by atoms with Gasteiger partial charge in [-0.3, -0.25) is 4.79 Å². The Bertz CT molecular complexity index is 540. The minimum absolute atomic E-state index is 0.0134. The number of hydrogen-bond acceptors (Lipinski definition) is 4. The van der Waals surface area contributed by atoms with Gasteiger partial charge in [-0.05, 0) is 30.7 Å². The zero-order valence-electron chi connectivity index (χ0n) is 11.5. The average molecular weight is 316 g/mol. The van der Waals surface area contributed by atoms with Gasteiger partial charge in [0.2, 0.25) is 15.9 Å². The van der Waals surface area contributed by atoms with Crippen LogP contribution in [0, 0.1) is 0 Å². The van der Waals surface area contributed by atoms with Gasteiger partial charge in [-0.15, -0.1) is 0 Å². The molecule has 0 saturated carbocycles. The summed E-state index contributed by atoms with van der Waals surface area (Å²) in [6.45, 7) is 2.57. The number of carbonyl (C=O) groups excluding carboxylic acids is 1. The highest BCUT2D eigenvalue weighted by Gasteiger charge is 2.33. The van der Waals surface area contributed by atoms with E-state index in [9.17, 15) is 13.2 Å². The Hall–Kier alpha value is -0.920. The highest BCUT2D eigenvalue weighted by Crippen LogP contribution is 2.27. The number of carbonyl (C=O) groups is 1. The number of thiophene rings is 1. The van der Waals surface area contributed by atoms with Crippen LogP contribution in [0.2, 0.25) is 0 Å². The van der Waals surface area contributed by atoms with E-state index in [1.54, 1.807) is 21.1 Å². The normalized spacial score (nSPS) is 20.8. The van der Waals surface area contributed by atoms with Crippen LogP contribution in [0.1, 0.15) is 32.6 Å². The summed E-state index contributed by atoms with van der Waals surface area (Å²) in [4.78, 5) is 11.3. The number of hydrogen-bond donors (Lipinski definition) is 1. The summed E-state index contributed by atoms with van der Waals surface area (Å²) >= 11 is 1.39. The fraction of sp³-hybridized carbons (Fsp3) is 0.615. The van der Waals surface area contributed by atoms with Gasteiger partial charge in [-0.1, -0.05) is 6.42 Å². The summed E-state index contributed by atoms with van der Waals surface area (Å²) < 4.78 is 26.8. The summed E-state index contributed by atoms with van der Waals surface area (Å²) in [5.41, 5.74) is 0. The van der Waals surface area contributed by atoms with Crippen molar-refractivity contribution in [2.45, 2.75) is 43.5 Å². The second-order valence-corrected chi connectivity index (χ2v) is 7.67. The van der Waals surface area contributed by atoms with Gasteiger partial charge in [-0.2, -0.15) is 15.6 Å². The van der Waals surface area contributed by atoms with Crippen LogP contribution in [-0.2, 0) is 14.8 Å². The number of sulfonamides is 1. The lowest BCUT2D eigenvalue weighted by molar-refractivity contribution is -0.119. The van der Waals surface area contributed by atoms with Gasteiger partial charge in [0, 0.05) is 31.4 Å². The van der Waals surface area contributed by atoms with Crippen LogP contribution in [0.3, 0.4) is 0 Å². The molecule has 2 rings (SSSR count). The highest BCUT2D eigenvalue weighted by molar-refractivity contribution is 7.89. The first kappa shape index (κ1) is 15.5. The standard InChI is InChI=1S/C13H20N2O3S2/c1-11(16)14-7-5-12-4-2-3-8-15(12)20(17,18)13-6-9-19-10-13/h6,9-10,12H,2-5,7-8H2,1H3,(H,14,16). The van der Waals surface area contributed by atoms with Crippen LogP contribution >= 0.6 is 11.3 Å². The van der Waals surface area contributed by atoms with Crippen molar-refractivity contribution in [3.63, 3.8) is 0 Å². The third-order valence-electron chi connectivity index (χ3n) is 3.53. The summed E-state index contributed by atoms with van der Waals surface area (Å²) in [6.07, 6.45) is 3.48. The maximum atomic E-state index is 12.6. The van der Waals surface area contributed by atoms with E-state index in [0.717, 1.165) is 19.3 Å². The SMILES string of the molecule is CC(=O)NCCC1CCCCN1S(=O)(=O)c1ccsc1. The fourth-order valence-corrected chi connectivity index (χ4v) is 5.27. The number of rotatable bonds is 5. The lowest BCUT2D eigenvalue weighted by Gasteiger charge is -2.34. The predicted octanol–water partition coefficient (Wildman–Crippen LogP) is 1.82. The Morgan fingerprint density at radius 1 is 1.50 bits per heavy atom. The molecular weight excluding hydrogens is 296 g/mol. The van der Waals surface area contributed by atoms with Crippen LogP contribution in [0.5, 0.6) is 0 Å². The lowest BCUT2D eigenvalue weighted by atomic mass is 10.0. The molecule has 0 spiro atoms. The van der Waals surface area contributed by atoms with Crippen molar-refractivity contribution in [3.8, 4) is 0 Å². The minimum atomic E-state index is -3.39. The molecule has 1 aliphatic rings. The molecule has 1 atom stereocenters. The molecular formula is C13H20N2O3S2. The van der Waals surface area contributed by atoms with Crippen molar-refractivity contribution in [3.05, 3.63) is 16.8 Å². The van der Waals surface area contributed by atoms with Crippen molar-refractivity contribution in [2.75, 3.05) is 13.1 Å². The Labute approximate surface area is 124 Å². The summed E-state index contributed by atoms with van der Waals surface area (Å²) in [7, 11) is -3.39.